The third-order valence-electron chi connectivity index (χ3n) is 3.56. The Morgan fingerprint density at radius 1 is 1.15 bits per heavy atom. The molecule has 20 heavy (non-hydrogen) atoms. The van der Waals surface area contributed by atoms with Crippen LogP contribution < -0.4 is 11.4 Å². The molecule has 1 unspecified atom stereocenters. The van der Waals surface area contributed by atoms with E-state index in [1.54, 1.807) is 23.2 Å². The maximum atomic E-state index is 11.9. The van der Waals surface area contributed by atoms with Crippen molar-refractivity contribution < 1.29 is 0 Å². The molecular formula is C14H14ClN3OS. The summed E-state index contributed by atoms with van der Waals surface area (Å²) < 4.78 is 3.99. The molecule has 104 valence electrons. The van der Waals surface area contributed by atoms with Crippen molar-refractivity contribution in [2.45, 2.75) is 6.04 Å². The first kappa shape index (κ1) is 13.4. The first-order chi connectivity index (χ1) is 9.49. The Morgan fingerprint density at radius 3 is 2.50 bits per heavy atom. The number of hydrogen-bond donors (Lipinski definition) is 1. The molecule has 0 saturated heterocycles. The number of nitrogens with two attached hydrogens (primary N) is 1. The lowest BCUT2D eigenvalue weighted by atomic mass is 10.1. The molecule has 2 N–H and O–H groups in total. The molecule has 0 radical (unpaired) electrons. The zero-order valence-corrected chi connectivity index (χ0v) is 12.7. The number of aryl methyl sites for hydroxylation is 2. The lowest BCUT2D eigenvalue weighted by Crippen LogP contribution is -2.19. The van der Waals surface area contributed by atoms with Crippen molar-refractivity contribution in [3.63, 3.8) is 0 Å². The summed E-state index contributed by atoms with van der Waals surface area (Å²) in [4.78, 5) is 12.9. The first-order valence-corrected chi connectivity index (χ1v) is 7.34. The second-order valence-electron chi connectivity index (χ2n) is 4.77. The Bertz CT molecular complexity index is 846. The summed E-state index contributed by atoms with van der Waals surface area (Å²) in [5.74, 6) is 0. The normalized spacial score (nSPS) is 13.0. The van der Waals surface area contributed by atoms with Gasteiger partial charge in [0.15, 0.2) is 0 Å². The van der Waals surface area contributed by atoms with Gasteiger partial charge in [0, 0.05) is 19.0 Å². The van der Waals surface area contributed by atoms with Crippen LogP contribution in [0.1, 0.15) is 16.5 Å². The van der Waals surface area contributed by atoms with E-state index >= 15 is 0 Å². The third-order valence-corrected chi connectivity index (χ3v) is 4.87. The van der Waals surface area contributed by atoms with E-state index in [1.165, 1.54) is 11.3 Å². The van der Waals surface area contributed by atoms with Gasteiger partial charge in [0.1, 0.15) is 0 Å². The monoisotopic (exact) mass is 307 g/mol. The maximum Gasteiger partial charge on any atom is 0.328 e. The van der Waals surface area contributed by atoms with Crippen LogP contribution in [-0.2, 0) is 14.1 Å². The molecule has 6 heteroatoms. The van der Waals surface area contributed by atoms with E-state index < -0.39 is 0 Å². The van der Waals surface area contributed by atoms with Crippen LogP contribution in [0.4, 0.5) is 0 Å². The molecule has 2 heterocycles. The smallest absolute Gasteiger partial charge is 0.320 e. The lowest BCUT2D eigenvalue weighted by molar-refractivity contribution is 0.795. The molecule has 0 aliphatic carbocycles. The summed E-state index contributed by atoms with van der Waals surface area (Å²) in [6.45, 7) is 0. The second-order valence-corrected chi connectivity index (χ2v) is 6.51. The van der Waals surface area contributed by atoms with Gasteiger partial charge in [0.25, 0.3) is 0 Å². The fraction of sp³-hybridized carbons (Fsp3) is 0.214. The second kappa shape index (κ2) is 4.77. The minimum Gasteiger partial charge on any atom is -0.320 e. The Balaban J connectivity index is 2.14. The minimum absolute atomic E-state index is 0.0371. The van der Waals surface area contributed by atoms with Gasteiger partial charge < -0.3 is 5.73 Å². The zero-order valence-electron chi connectivity index (χ0n) is 11.1. The van der Waals surface area contributed by atoms with Crippen LogP contribution in [0.3, 0.4) is 0 Å². The molecule has 4 nitrogen and oxygen atoms in total. The first-order valence-electron chi connectivity index (χ1n) is 6.15. The number of nitrogens with zero attached hydrogens (tertiary/aromatic N) is 2. The van der Waals surface area contributed by atoms with Gasteiger partial charge in [0.05, 0.1) is 21.4 Å². The number of aromatic nitrogens is 2. The molecule has 0 aliphatic rings. The molecule has 3 rings (SSSR count). The number of imidazole rings is 1. The fourth-order valence-corrected chi connectivity index (χ4v) is 3.47. The summed E-state index contributed by atoms with van der Waals surface area (Å²) in [7, 11) is 3.53. The summed E-state index contributed by atoms with van der Waals surface area (Å²) in [6.07, 6.45) is 0. The molecule has 0 spiro atoms. The van der Waals surface area contributed by atoms with E-state index in [1.807, 2.05) is 30.3 Å². The lowest BCUT2D eigenvalue weighted by Gasteiger charge is -2.10. The van der Waals surface area contributed by atoms with E-state index in [4.69, 9.17) is 17.3 Å². The third kappa shape index (κ3) is 1.98. The van der Waals surface area contributed by atoms with Crippen molar-refractivity contribution in [2.24, 2.45) is 19.8 Å². The summed E-state index contributed by atoms with van der Waals surface area (Å²) in [5, 5.41) is 0. The van der Waals surface area contributed by atoms with Gasteiger partial charge in [-0.1, -0.05) is 17.7 Å². The van der Waals surface area contributed by atoms with Gasteiger partial charge in [-0.15, -0.1) is 11.3 Å². The quantitative estimate of drug-likeness (QED) is 0.791. The van der Waals surface area contributed by atoms with Gasteiger partial charge in [-0.2, -0.15) is 0 Å². The maximum absolute atomic E-state index is 11.9. The van der Waals surface area contributed by atoms with Crippen LogP contribution in [0.5, 0.6) is 0 Å². The van der Waals surface area contributed by atoms with Crippen LogP contribution in [0.15, 0.2) is 35.1 Å². The van der Waals surface area contributed by atoms with E-state index in [-0.39, 0.29) is 11.7 Å². The van der Waals surface area contributed by atoms with Crippen LogP contribution in [0.25, 0.3) is 11.0 Å². The molecular weight excluding hydrogens is 294 g/mol. The Hall–Kier alpha value is -1.56. The molecule has 0 bridgehead atoms. The van der Waals surface area contributed by atoms with Crippen molar-refractivity contribution in [3.05, 3.63) is 55.6 Å². The van der Waals surface area contributed by atoms with Gasteiger partial charge in [-0.3, -0.25) is 9.13 Å². The molecule has 0 amide bonds. The van der Waals surface area contributed by atoms with Crippen LogP contribution >= 0.6 is 22.9 Å². The highest BCUT2D eigenvalue weighted by Gasteiger charge is 2.14. The van der Waals surface area contributed by atoms with E-state index in [0.29, 0.717) is 0 Å². The Labute approximate surface area is 125 Å². The summed E-state index contributed by atoms with van der Waals surface area (Å²) in [5.41, 5.74) is 8.99. The number of fused-ring (bicyclic) bond motifs is 1. The highest BCUT2D eigenvalue weighted by molar-refractivity contribution is 7.16. The van der Waals surface area contributed by atoms with E-state index in [9.17, 15) is 4.79 Å². The van der Waals surface area contributed by atoms with Crippen molar-refractivity contribution >= 4 is 34.0 Å². The molecule has 3 aromatic rings. The molecule has 2 aromatic heterocycles. The predicted molar refractivity (Wildman–Crippen MR) is 83.5 cm³/mol. The zero-order chi connectivity index (χ0) is 14.4. The van der Waals surface area contributed by atoms with Crippen LogP contribution in [0, 0.1) is 0 Å². The highest BCUT2D eigenvalue weighted by Crippen LogP contribution is 2.30. The number of hydrogen-bond acceptors (Lipinski definition) is 3. The number of benzene rings is 1. The SMILES string of the molecule is Cn1c(=O)n(C)c2cc(C(N)c3ccc(Cl)s3)ccc21. The number of rotatable bonds is 2. The molecule has 0 fully saturated rings. The Morgan fingerprint density at radius 2 is 1.85 bits per heavy atom. The Kier molecular flexibility index (Phi) is 3.20. The van der Waals surface area contributed by atoms with E-state index in [0.717, 1.165) is 25.8 Å². The van der Waals surface area contributed by atoms with Crippen LogP contribution in [-0.4, -0.2) is 9.13 Å². The minimum atomic E-state index is -0.229. The van der Waals surface area contributed by atoms with E-state index in [2.05, 4.69) is 0 Å². The predicted octanol–water partition coefficient (Wildman–Crippen LogP) is 2.64. The van der Waals surface area contributed by atoms with Crippen molar-refractivity contribution in [1.82, 2.24) is 9.13 Å². The summed E-state index contributed by atoms with van der Waals surface area (Å²) in [6, 6.07) is 9.41. The largest absolute Gasteiger partial charge is 0.328 e. The van der Waals surface area contributed by atoms with Crippen molar-refractivity contribution in [1.29, 1.82) is 0 Å². The van der Waals surface area contributed by atoms with Crippen molar-refractivity contribution in [2.75, 3.05) is 0 Å². The molecule has 1 atom stereocenters. The van der Waals surface area contributed by atoms with Gasteiger partial charge >= 0.3 is 5.69 Å². The average Bonchev–Trinajstić information content (AvgIpc) is 2.97. The highest BCUT2D eigenvalue weighted by atomic mass is 35.5. The summed E-state index contributed by atoms with van der Waals surface area (Å²) >= 11 is 7.43. The van der Waals surface area contributed by atoms with Gasteiger partial charge in [-0.25, -0.2) is 4.79 Å². The molecule has 0 aliphatic heterocycles. The van der Waals surface area contributed by atoms with Gasteiger partial charge in [-0.05, 0) is 29.8 Å². The number of halogens is 1. The standard InChI is InChI=1S/C14H14ClN3OS/c1-17-9-4-3-8(7-10(9)18(2)14(17)19)13(16)11-5-6-12(15)20-11/h3-7,13H,16H2,1-2H3. The number of thiophene rings is 1. The topological polar surface area (TPSA) is 53.0 Å². The fourth-order valence-electron chi connectivity index (χ4n) is 2.38. The van der Waals surface area contributed by atoms with Crippen molar-refractivity contribution in [3.8, 4) is 0 Å². The van der Waals surface area contributed by atoms with Gasteiger partial charge in [0.2, 0.25) is 0 Å². The molecule has 1 aromatic carbocycles. The van der Waals surface area contributed by atoms with Crippen LogP contribution in [0.2, 0.25) is 4.34 Å². The average molecular weight is 308 g/mol. The molecule has 0 saturated carbocycles.